The highest BCUT2D eigenvalue weighted by molar-refractivity contribution is 7.85. The van der Waals surface area contributed by atoms with Crippen molar-refractivity contribution in [3.63, 3.8) is 0 Å². The van der Waals surface area contributed by atoms with E-state index >= 15 is 0 Å². The van der Waals surface area contributed by atoms with Gasteiger partial charge in [-0.2, -0.15) is 0 Å². The molecule has 2 N–H and O–H groups in total. The second-order valence-corrected chi connectivity index (χ2v) is 4.23. The Morgan fingerprint density at radius 3 is 2.80 bits per heavy atom. The van der Waals surface area contributed by atoms with Gasteiger partial charge in [0.1, 0.15) is 11.7 Å². The third-order valence-electron chi connectivity index (χ3n) is 1.83. The number of nitrogen functional groups attached to an aromatic ring is 1. The fraction of sp³-hybridized carbons (Fsp3) is 0.400. The van der Waals surface area contributed by atoms with Gasteiger partial charge < -0.3 is 15.2 Å². The number of ether oxygens (including phenoxy) is 2. The molecule has 0 saturated heterocycles. The van der Waals surface area contributed by atoms with Crippen molar-refractivity contribution in [1.82, 2.24) is 0 Å². The van der Waals surface area contributed by atoms with Crippen molar-refractivity contribution in [1.29, 1.82) is 0 Å². The van der Waals surface area contributed by atoms with E-state index < -0.39 is 10.8 Å². The standard InChI is InChI=1S/C10H15NO3S/c1-3-14-7-15(12)10-5-4-8(11)6-9(10)13-2/h4-6H,3,7,11H2,1-2H3. The zero-order valence-corrected chi connectivity index (χ0v) is 9.67. The summed E-state index contributed by atoms with van der Waals surface area (Å²) >= 11 is 0. The molecule has 0 bridgehead atoms. The van der Waals surface area contributed by atoms with E-state index in [-0.39, 0.29) is 5.94 Å². The Kier molecular flexibility index (Phi) is 4.58. The van der Waals surface area contributed by atoms with E-state index in [2.05, 4.69) is 0 Å². The molecule has 15 heavy (non-hydrogen) atoms. The maximum Gasteiger partial charge on any atom is 0.137 e. The van der Waals surface area contributed by atoms with Crippen molar-refractivity contribution in [3.8, 4) is 5.75 Å². The summed E-state index contributed by atoms with van der Waals surface area (Å²) in [6.45, 7) is 2.40. The van der Waals surface area contributed by atoms with E-state index in [9.17, 15) is 4.21 Å². The average Bonchev–Trinajstić information content (AvgIpc) is 2.25. The van der Waals surface area contributed by atoms with Gasteiger partial charge in [-0.25, -0.2) is 0 Å². The van der Waals surface area contributed by atoms with Gasteiger partial charge in [-0.1, -0.05) is 0 Å². The molecule has 1 aromatic carbocycles. The predicted octanol–water partition coefficient (Wildman–Crippen LogP) is 1.38. The first-order chi connectivity index (χ1) is 7.19. The molecule has 0 saturated carbocycles. The van der Waals surface area contributed by atoms with E-state index in [1.165, 1.54) is 7.11 Å². The molecule has 1 unspecified atom stereocenters. The molecule has 0 aromatic heterocycles. The van der Waals surface area contributed by atoms with Crippen LogP contribution in [0.5, 0.6) is 5.75 Å². The number of hydrogen-bond donors (Lipinski definition) is 1. The van der Waals surface area contributed by atoms with Crippen LogP contribution in [0, 0.1) is 0 Å². The Labute approximate surface area is 91.8 Å². The van der Waals surface area contributed by atoms with Crippen molar-refractivity contribution in [2.75, 3.05) is 25.4 Å². The Hall–Kier alpha value is -1.07. The Morgan fingerprint density at radius 2 is 2.20 bits per heavy atom. The lowest BCUT2D eigenvalue weighted by Crippen LogP contribution is -2.04. The highest BCUT2D eigenvalue weighted by Gasteiger charge is 2.10. The van der Waals surface area contributed by atoms with E-state index in [0.29, 0.717) is 22.9 Å². The van der Waals surface area contributed by atoms with E-state index in [1.807, 2.05) is 6.92 Å². The molecule has 0 heterocycles. The molecule has 5 heteroatoms. The smallest absolute Gasteiger partial charge is 0.137 e. The monoisotopic (exact) mass is 229 g/mol. The first kappa shape index (κ1) is 12.0. The zero-order chi connectivity index (χ0) is 11.3. The fourth-order valence-corrected chi connectivity index (χ4v) is 2.13. The highest BCUT2D eigenvalue weighted by atomic mass is 32.2. The fourth-order valence-electron chi connectivity index (χ4n) is 1.09. The summed E-state index contributed by atoms with van der Waals surface area (Å²) < 4.78 is 22.0. The Balaban J connectivity index is 2.87. The minimum absolute atomic E-state index is 0.177. The quantitative estimate of drug-likeness (QED) is 0.775. The van der Waals surface area contributed by atoms with Gasteiger partial charge in [-0.15, -0.1) is 0 Å². The van der Waals surface area contributed by atoms with Crippen molar-refractivity contribution >= 4 is 16.5 Å². The van der Waals surface area contributed by atoms with Gasteiger partial charge in [-0.3, -0.25) is 4.21 Å². The summed E-state index contributed by atoms with van der Waals surface area (Å²) in [6, 6.07) is 5.05. The normalized spacial score (nSPS) is 12.4. The maximum atomic E-state index is 11.8. The molecular weight excluding hydrogens is 214 g/mol. The molecule has 84 valence electrons. The summed E-state index contributed by atoms with van der Waals surface area (Å²) in [4.78, 5) is 0.611. The summed E-state index contributed by atoms with van der Waals surface area (Å²) in [5.74, 6) is 0.713. The average molecular weight is 229 g/mol. The predicted molar refractivity (Wildman–Crippen MR) is 60.3 cm³/mol. The number of nitrogens with two attached hydrogens (primary N) is 1. The minimum Gasteiger partial charge on any atom is -0.495 e. The van der Waals surface area contributed by atoms with Crippen LogP contribution in [0.15, 0.2) is 23.1 Å². The molecule has 0 amide bonds. The van der Waals surface area contributed by atoms with Crippen LogP contribution in [0.2, 0.25) is 0 Å². The van der Waals surface area contributed by atoms with Crippen LogP contribution in [0.3, 0.4) is 0 Å². The van der Waals surface area contributed by atoms with Crippen LogP contribution >= 0.6 is 0 Å². The van der Waals surface area contributed by atoms with Gasteiger partial charge >= 0.3 is 0 Å². The van der Waals surface area contributed by atoms with E-state index in [1.54, 1.807) is 18.2 Å². The number of methoxy groups -OCH3 is 1. The lowest BCUT2D eigenvalue weighted by molar-refractivity contribution is 0.195. The van der Waals surface area contributed by atoms with Crippen molar-refractivity contribution in [3.05, 3.63) is 18.2 Å². The van der Waals surface area contributed by atoms with Crippen LogP contribution in [0.4, 0.5) is 5.69 Å². The molecule has 0 spiro atoms. The van der Waals surface area contributed by atoms with Gasteiger partial charge in [0.15, 0.2) is 0 Å². The zero-order valence-electron chi connectivity index (χ0n) is 8.86. The topological polar surface area (TPSA) is 61.5 Å². The van der Waals surface area contributed by atoms with Gasteiger partial charge in [-0.05, 0) is 19.1 Å². The molecule has 0 radical (unpaired) electrons. The molecule has 4 nitrogen and oxygen atoms in total. The summed E-state index contributed by atoms with van der Waals surface area (Å²) in [5.41, 5.74) is 6.18. The van der Waals surface area contributed by atoms with Crippen LogP contribution in [0.25, 0.3) is 0 Å². The summed E-state index contributed by atoms with van der Waals surface area (Å²) in [5, 5.41) is 0. The Bertz CT molecular complexity index is 355. The van der Waals surface area contributed by atoms with Gasteiger partial charge in [0.05, 0.1) is 22.8 Å². The minimum atomic E-state index is -1.21. The number of hydrogen-bond acceptors (Lipinski definition) is 4. The number of rotatable bonds is 5. The van der Waals surface area contributed by atoms with Gasteiger partial charge in [0, 0.05) is 18.4 Å². The van der Waals surface area contributed by atoms with E-state index in [0.717, 1.165) is 0 Å². The molecular formula is C10H15NO3S. The van der Waals surface area contributed by atoms with Crippen LogP contribution in [-0.2, 0) is 15.5 Å². The summed E-state index contributed by atoms with van der Waals surface area (Å²) in [6.07, 6.45) is 0. The second-order valence-electron chi connectivity index (χ2n) is 2.87. The summed E-state index contributed by atoms with van der Waals surface area (Å²) in [7, 11) is 0.318. The first-order valence-corrected chi connectivity index (χ1v) is 5.90. The number of benzene rings is 1. The van der Waals surface area contributed by atoms with Gasteiger partial charge in [0.25, 0.3) is 0 Å². The lowest BCUT2D eigenvalue weighted by atomic mass is 10.3. The SMILES string of the molecule is CCOCS(=O)c1ccc(N)cc1OC. The Morgan fingerprint density at radius 1 is 1.47 bits per heavy atom. The van der Waals surface area contributed by atoms with Gasteiger partial charge in [0.2, 0.25) is 0 Å². The van der Waals surface area contributed by atoms with Crippen molar-refractivity contribution in [2.24, 2.45) is 0 Å². The molecule has 0 aliphatic rings. The lowest BCUT2D eigenvalue weighted by Gasteiger charge is -2.08. The van der Waals surface area contributed by atoms with Crippen LogP contribution in [0.1, 0.15) is 6.92 Å². The second kappa shape index (κ2) is 5.72. The molecule has 0 fully saturated rings. The third-order valence-corrected chi connectivity index (χ3v) is 3.04. The van der Waals surface area contributed by atoms with Crippen LogP contribution < -0.4 is 10.5 Å². The van der Waals surface area contributed by atoms with Crippen molar-refractivity contribution < 1.29 is 13.7 Å². The molecule has 1 atom stereocenters. The van der Waals surface area contributed by atoms with E-state index in [4.69, 9.17) is 15.2 Å². The van der Waals surface area contributed by atoms with Crippen molar-refractivity contribution in [2.45, 2.75) is 11.8 Å². The molecule has 0 aliphatic heterocycles. The highest BCUT2D eigenvalue weighted by Crippen LogP contribution is 2.24. The third kappa shape index (κ3) is 3.21. The number of anilines is 1. The maximum absolute atomic E-state index is 11.8. The molecule has 1 aromatic rings. The molecule has 0 aliphatic carbocycles. The van der Waals surface area contributed by atoms with Crippen LogP contribution in [-0.4, -0.2) is 23.9 Å². The first-order valence-electron chi connectivity index (χ1n) is 4.58. The largest absolute Gasteiger partial charge is 0.495 e. The molecule has 1 rings (SSSR count).